The summed E-state index contributed by atoms with van der Waals surface area (Å²) < 4.78 is 14.9. The number of carbonyl (C=O) groups excluding carboxylic acids is 2. The Hall–Kier alpha value is -4.37. The number of aromatic hydroxyl groups is 1. The molecular formula is C40H59BrN6O6Si2. The van der Waals surface area contributed by atoms with Crippen LogP contribution in [0.1, 0.15) is 104 Å². The predicted molar refractivity (Wildman–Crippen MR) is 232 cm³/mol. The summed E-state index contributed by atoms with van der Waals surface area (Å²) in [7, 11) is -0.713. The smallest absolute Gasteiger partial charge is 0.337 e. The molecule has 0 spiro atoms. The molecular weight excluding hydrogens is 797 g/mol. The number of phenols is 1. The minimum absolute atomic E-state index is 0.00426. The van der Waals surface area contributed by atoms with Crippen molar-refractivity contribution < 1.29 is 28.9 Å². The molecule has 2 rings (SSSR count). The van der Waals surface area contributed by atoms with Crippen molar-refractivity contribution in [1.82, 2.24) is 0 Å². The number of phenolic OH excluding ortho intramolecular Hbond substituents is 1. The topological polar surface area (TPSA) is 180 Å². The fourth-order valence-corrected chi connectivity index (χ4v) is 18.2. The van der Waals surface area contributed by atoms with E-state index < -0.39 is 28.1 Å². The average Bonchev–Trinajstić information content (AvgIpc) is 3.12. The molecule has 0 saturated carbocycles. The minimum Gasteiger partial charge on any atom is -0.507 e. The predicted octanol–water partition coefficient (Wildman–Crippen LogP) is 12.7. The van der Waals surface area contributed by atoms with Crippen LogP contribution < -0.4 is 4.74 Å². The molecule has 0 aliphatic rings. The Morgan fingerprint density at radius 1 is 0.691 bits per heavy atom. The number of halogens is 1. The molecule has 2 aromatic rings. The molecule has 0 unspecified atom stereocenters. The first-order valence-corrected chi connectivity index (χ1v) is 23.8. The largest absolute Gasteiger partial charge is 0.507 e. The SMILES string of the molecule is CC(C)[Si](C#CCBr)(C(C)C)C(C)C.COC(=O)c1ccc(O)c(N=[N+]=[N-])c1.COC(=O)c1ccc(OCC#C[Si](C(C)C)(C(C)C)C(C)C)c(N=[N+]=[N-])c1. The summed E-state index contributed by atoms with van der Waals surface area (Å²) >= 11 is 3.40. The van der Waals surface area contributed by atoms with Gasteiger partial charge in [0, 0.05) is 9.82 Å². The van der Waals surface area contributed by atoms with Crippen LogP contribution in [0.15, 0.2) is 46.6 Å². The fraction of sp³-hybridized carbons (Fsp3) is 0.550. The van der Waals surface area contributed by atoms with E-state index in [-0.39, 0.29) is 29.3 Å². The lowest BCUT2D eigenvalue weighted by molar-refractivity contribution is 0.0592. The summed E-state index contributed by atoms with van der Waals surface area (Å²) in [6, 6.07) is 8.49. The van der Waals surface area contributed by atoms with Crippen LogP contribution >= 0.6 is 15.9 Å². The molecule has 0 saturated heterocycles. The molecule has 15 heteroatoms. The monoisotopic (exact) mass is 854 g/mol. The van der Waals surface area contributed by atoms with Crippen molar-refractivity contribution in [3.63, 3.8) is 0 Å². The van der Waals surface area contributed by atoms with Crippen LogP contribution in [0, 0.1) is 22.9 Å². The molecule has 0 fully saturated rings. The quantitative estimate of drug-likeness (QED) is 0.0422. The van der Waals surface area contributed by atoms with Gasteiger partial charge in [0.2, 0.25) is 0 Å². The third kappa shape index (κ3) is 14.3. The number of esters is 2. The molecule has 0 atom stereocenters. The number of hydrogen-bond donors (Lipinski definition) is 1. The molecule has 0 aliphatic heterocycles. The van der Waals surface area contributed by atoms with Crippen LogP contribution in [0.4, 0.5) is 11.4 Å². The van der Waals surface area contributed by atoms with Crippen LogP contribution in [0.2, 0.25) is 33.2 Å². The van der Waals surface area contributed by atoms with E-state index in [4.69, 9.17) is 15.8 Å². The first-order chi connectivity index (χ1) is 25.8. The third-order valence-corrected chi connectivity index (χ3v) is 22.8. The Bertz CT molecular complexity index is 1750. The zero-order valence-corrected chi connectivity index (χ0v) is 38.5. The molecule has 55 heavy (non-hydrogen) atoms. The summed E-state index contributed by atoms with van der Waals surface area (Å²) in [6.07, 6.45) is 0. The van der Waals surface area contributed by atoms with Crippen LogP contribution in [0.3, 0.4) is 0 Å². The van der Waals surface area contributed by atoms with E-state index in [9.17, 15) is 14.7 Å². The maximum Gasteiger partial charge on any atom is 0.337 e. The van der Waals surface area contributed by atoms with Gasteiger partial charge in [0.05, 0.1) is 42.1 Å². The average molecular weight is 856 g/mol. The zero-order valence-electron chi connectivity index (χ0n) is 34.9. The van der Waals surface area contributed by atoms with E-state index in [1.165, 1.54) is 38.5 Å². The maximum absolute atomic E-state index is 11.6. The van der Waals surface area contributed by atoms with Gasteiger partial charge in [-0.1, -0.05) is 121 Å². The number of benzene rings is 2. The first-order valence-electron chi connectivity index (χ1n) is 18.2. The highest BCUT2D eigenvalue weighted by atomic mass is 79.9. The van der Waals surface area contributed by atoms with Crippen molar-refractivity contribution in [2.24, 2.45) is 10.2 Å². The van der Waals surface area contributed by atoms with E-state index in [0.717, 1.165) is 22.0 Å². The van der Waals surface area contributed by atoms with Crippen LogP contribution in [-0.4, -0.2) is 59.3 Å². The molecule has 300 valence electrons. The first kappa shape index (κ1) is 50.6. The van der Waals surface area contributed by atoms with Gasteiger partial charge < -0.3 is 19.3 Å². The lowest BCUT2D eigenvalue weighted by Crippen LogP contribution is -2.43. The normalized spacial score (nSPS) is 10.8. The van der Waals surface area contributed by atoms with Gasteiger partial charge in [0.25, 0.3) is 0 Å². The molecule has 1 N–H and O–H groups in total. The maximum atomic E-state index is 11.6. The van der Waals surface area contributed by atoms with E-state index in [0.29, 0.717) is 27.9 Å². The number of methoxy groups -OCH3 is 2. The van der Waals surface area contributed by atoms with Crippen molar-refractivity contribution in [2.75, 3.05) is 26.2 Å². The molecule has 0 bridgehead atoms. The van der Waals surface area contributed by atoms with Crippen molar-refractivity contribution in [3.8, 4) is 34.4 Å². The molecule has 0 radical (unpaired) electrons. The molecule has 2 aromatic carbocycles. The second-order valence-corrected chi connectivity index (χ2v) is 26.3. The van der Waals surface area contributed by atoms with Gasteiger partial charge >= 0.3 is 11.9 Å². The lowest BCUT2D eigenvalue weighted by Gasteiger charge is -2.38. The molecule has 12 nitrogen and oxygen atoms in total. The minimum atomic E-state index is -1.81. The lowest BCUT2D eigenvalue weighted by atomic mass is 10.2. The third-order valence-electron chi connectivity index (χ3n) is 9.79. The van der Waals surface area contributed by atoms with E-state index in [1.54, 1.807) is 12.1 Å². The van der Waals surface area contributed by atoms with Gasteiger partial charge in [0.1, 0.15) is 34.3 Å². The Morgan fingerprint density at radius 2 is 1.07 bits per heavy atom. The van der Waals surface area contributed by atoms with Gasteiger partial charge in [-0.3, -0.25) is 0 Å². The number of azide groups is 2. The van der Waals surface area contributed by atoms with Crippen LogP contribution in [-0.2, 0) is 9.47 Å². The second-order valence-electron chi connectivity index (χ2n) is 14.6. The Balaban J connectivity index is 0.000000876. The van der Waals surface area contributed by atoms with Gasteiger partial charge in [-0.25, -0.2) is 9.59 Å². The number of ether oxygens (including phenoxy) is 3. The van der Waals surface area contributed by atoms with E-state index >= 15 is 0 Å². The highest BCUT2D eigenvalue weighted by Crippen LogP contribution is 2.42. The molecule has 0 aliphatic carbocycles. The Kier molecular flexibility index (Phi) is 22.9. The van der Waals surface area contributed by atoms with Gasteiger partial charge in [0.15, 0.2) is 0 Å². The summed E-state index contributed by atoms with van der Waals surface area (Å²) in [5, 5.41) is 16.8. The van der Waals surface area contributed by atoms with Crippen molar-refractivity contribution in [2.45, 2.75) is 116 Å². The summed E-state index contributed by atoms with van der Waals surface area (Å²) in [6.45, 7) is 27.8. The molecule has 0 aromatic heterocycles. The summed E-state index contributed by atoms with van der Waals surface area (Å²) in [4.78, 5) is 28.0. The van der Waals surface area contributed by atoms with Crippen LogP contribution in [0.25, 0.3) is 20.9 Å². The molecule has 0 heterocycles. The number of rotatable bonds is 12. The number of nitrogens with zero attached hydrogens (tertiary/aromatic N) is 6. The fourth-order valence-electron chi connectivity index (χ4n) is 7.26. The Morgan fingerprint density at radius 3 is 1.45 bits per heavy atom. The number of carbonyl (C=O) groups is 2. The highest BCUT2D eigenvalue weighted by Gasteiger charge is 2.42. The standard InChI is InChI=1S/C20H29N3O3Si.C12H23BrSi.C8H7N3O3/c1-14(2)27(15(3)4,16(5)6)12-8-11-26-19-10-9-17(20(24)25-7)13-18(19)22-23-21;1-10(2)14(11(3)4,12(5)6)9-7-8-13;1-14-8(13)5-2-3-7(12)6(4-5)10-11-9/h9-10,13-16H,11H2,1-7H3;10-12H,8H2,1-6H3;2-4,12H,1H3. The number of alkyl halides is 1. The van der Waals surface area contributed by atoms with E-state index in [2.05, 4.69) is 151 Å². The number of hydrogen-bond acceptors (Lipinski definition) is 8. The van der Waals surface area contributed by atoms with Crippen molar-refractivity contribution >= 4 is 55.4 Å². The van der Waals surface area contributed by atoms with Gasteiger partial charge in [-0.05, 0) is 80.7 Å². The summed E-state index contributed by atoms with van der Waals surface area (Å²) in [5.74, 6) is 5.61. The molecule has 0 amide bonds. The van der Waals surface area contributed by atoms with Gasteiger partial charge in [-0.2, -0.15) is 0 Å². The summed E-state index contributed by atoms with van der Waals surface area (Å²) in [5.41, 5.74) is 28.7. The second kappa shape index (κ2) is 24.9. The Labute approximate surface area is 338 Å². The van der Waals surface area contributed by atoms with E-state index in [1.807, 2.05) is 0 Å². The zero-order chi connectivity index (χ0) is 42.5. The van der Waals surface area contributed by atoms with Crippen molar-refractivity contribution in [1.29, 1.82) is 0 Å². The van der Waals surface area contributed by atoms with Gasteiger partial charge in [-0.15, -0.1) is 11.1 Å². The highest BCUT2D eigenvalue weighted by molar-refractivity contribution is 9.09. The van der Waals surface area contributed by atoms with Crippen molar-refractivity contribution in [3.05, 3.63) is 68.4 Å². The van der Waals surface area contributed by atoms with Crippen LogP contribution in [0.5, 0.6) is 11.5 Å².